The van der Waals surface area contributed by atoms with Gasteiger partial charge >= 0.3 is 6.09 Å². The van der Waals surface area contributed by atoms with Crippen LogP contribution >= 0.6 is 0 Å². The first-order chi connectivity index (χ1) is 11.6. The molecule has 0 aromatic heterocycles. The lowest BCUT2D eigenvalue weighted by molar-refractivity contribution is 0.0373. The lowest BCUT2D eigenvalue weighted by Crippen LogP contribution is -2.61. The zero-order valence-corrected chi connectivity index (χ0v) is 17.3. The molecule has 2 N–H and O–H groups in total. The second kappa shape index (κ2) is 7.85. The molecule has 2 aliphatic carbocycles. The minimum absolute atomic E-state index is 0.0954. The van der Waals surface area contributed by atoms with Crippen molar-refractivity contribution < 1.29 is 9.53 Å². The van der Waals surface area contributed by atoms with Gasteiger partial charge in [0, 0.05) is 12.6 Å². The number of rotatable bonds is 6. The van der Waals surface area contributed by atoms with Gasteiger partial charge in [0.15, 0.2) is 0 Å². The highest BCUT2D eigenvalue weighted by atomic mass is 16.6. The lowest BCUT2D eigenvalue weighted by Gasteiger charge is -2.45. The molecule has 0 radical (unpaired) electrons. The molecule has 2 saturated carbocycles. The fraction of sp³-hybridized carbons (Fsp3) is 0.952. The van der Waals surface area contributed by atoms with Crippen LogP contribution in [0.15, 0.2) is 0 Å². The molecule has 4 heteroatoms. The molecule has 0 aromatic carbocycles. The lowest BCUT2D eigenvalue weighted by atomic mass is 9.68. The molecule has 2 fully saturated rings. The van der Waals surface area contributed by atoms with Crippen LogP contribution in [0.5, 0.6) is 0 Å². The Labute approximate surface area is 154 Å². The second-order valence-corrected chi connectivity index (χ2v) is 10.0. The van der Waals surface area contributed by atoms with Gasteiger partial charge in [-0.2, -0.15) is 0 Å². The van der Waals surface area contributed by atoms with E-state index in [9.17, 15) is 4.79 Å². The van der Waals surface area contributed by atoms with Gasteiger partial charge in [0.2, 0.25) is 0 Å². The number of amides is 1. The number of hydrogen-bond acceptors (Lipinski definition) is 3. The third-order valence-electron chi connectivity index (χ3n) is 6.55. The van der Waals surface area contributed by atoms with E-state index in [0.29, 0.717) is 11.5 Å². The van der Waals surface area contributed by atoms with Crippen LogP contribution in [0.2, 0.25) is 0 Å². The standard InChI is InChI=1S/C21H40N2O2/c1-7-20(5,6)16-9-11-17(12-10-16)22-15-21(13-8-14-21)23-18(24)25-19(2,3)4/h16-17,22H,7-15H2,1-6H3,(H,23,24). The van der Waals surface area contributed by atoms with Crippen molar-refractivity contribution in [3.8, 4) is 0 Å². The monoisotopic (exact) mass is 352 g/mol. The Morgan fingerprint density at radius 3 is 2.12 bits per heavy atom. The van der Waals surface area contributed by atoms with E-state index in [1.165, 1.54) is 38.5 Å². The summed E-state index contributed by atoms with van der Waals surface area (Å²) >= 11 is 0. The van der Waals surface area contributed by atoms with Crippen molar-refractivity contribution >= 4 is 6.09 Å². The molecular formula is C21H40N2O2. The molecule has 2 rings (SSSR count). The summed E-state index contributed by atoms with van der Waals surface area (Å²) in [6.07, 6.45) is 9.45. The highest BCUT2D eigenvalue weighted by molar-refractivity contribution is 5.69. The van der Waals surface area contributed by atoms with E-state index >= 15 is 0 Å². The Morgan fingerprint density at radius 2 is 1.68 bits per heavy atom. The summed E-state index contributed by atoms with van der Waals surface area (Å²) in [5.74, 6) is 0.855. The van der Waals surface area contributed by atoms with Gasteiger partial charge < -0.3 is 15.4 Å². The fourth-order valence-electron chi connectivity index (χ4n) is 4.18. The Morgan fingerprint density at radius 1 is 1.08 bits per heavy atom. The Bertz CT molecular complexity index is 441. The largest absolute Gasteiger partial charge is 0.444 e. The van der Waals surface area contributed by atoms with E-state index in [4.69, 9.17) is 4.74 Å². The van der Waals surface area contributed by atoms with Gasteiger partial charge in [0.25, 0.3) is 0 Å². The van der Waals surface area contributed by atoms with Crippen LogP contribution in [0.25, 0.3) is 0 Å². The molecular weight excluding hydrogens is 312 g/mol. The number of carbonyl (C=O) groups excluding carboxylic acids is 1. The topological polar surface area (TPSA) is 50.4 Å². The quantitative estimate of drug-likeness (QED) is 0.706. The molecule has 0 aromatic rings. The third-order valence-corrected chi connectivity index (χ3v) is 6.55. The van der Waals surface area contributed by atoms with Gasteiger partial charge in [-0.3, -0.25) is 0 Å². The van der Waals surface area contributed by atoms with Crippen molar-refractivity contribution in [2.75, 3.05) is 6.54 Å². The molecule has 2 aliphatic rings. The third kappa shape index (κ3) is 5.87. The predicted octanol–water partition coefficient (Wildman–Crippen LogP) is 5.02. The van der Waals surface area contributed by atoms with Gasteiger partial charge in [-0.25, -0.2) is 4.79 Å². The maximum absolute atomic E-state index is 12.1. The van der Waals surface area contributed by atoms with Crippen molar-refractivity contribution in [1.29, 1.82) is 0 Å². The van der Waals surface area contributed by atoms with Gasteiger partial charge in [-0.15, -0.1) is 0 Å². The summed E-state index contributed by atoms with van der Waals surface area (Å²) in [5.41, 5.74) is -0.0623. The van der Waals surface area contributed by atoms with E-state index in [1.54, 1.807) is 0 Å². The molecule has 0 heterocycles. The van der Waals surface area contributed by atoms with E-state index in [0.717, 1.165) is 25.3 Å². The summed E-state index contributed by atoms with van der Waals surface area (Å²) in [7, 11) is 0. The van der Waals surface area contributed by atoms with Crippen LogP contribution in [0.3, 0.4) is 0 Å². The molecule has 0 bridgehead atoms. The molecule has 1 amide bonds. The van der Waals surface area contributed by atoms with Gasteiger partial charge in [0.1, 0.15) is 5.60 Å². The molecule has 146 valence electrons. The molecule has 0 atom stereocenters. The summed E-state index contributed by atoms with van der Waals surface area (Å²) in [6, 6.07) is 0.599. The first-order valence-corrected chi connectivity index (χ1v) is 10.3. The van der Waals surface area contributed by atoms with Gasteiger partial charge in [-0.05, 0) is 77.0 Å². The first-order valence-electron chi connectivity index (χ1n) is 10.3. The van der Waals surface area contributed by atoms with Crippen LogP contribution in [0.1, 0.15) is 92.9 Å². The van der Waals surface area contributed by atoms with Crippen molar-refractivity contribution in [2.24, 2.45) is 11.3 Å². The maximum Gasteiger partial charge on any atom is 0.408 e. The molecule has 0 spiro atoms. The maximum atomic E-state index is 12.1. The average molecular weight is 353 g/mol. The number of nitrogens with one attached hydrogen (secondary N) is 2. The van der Waals surface area contributed by atoms with E-state index in [1.807, 2.05) is 20.8 Å². The Balaban J connectivity index is 1.77. The summed E-state index contributed by atoms with van der Waals surface area (Å²) < 4.78 is 5.45. The smallest absolute Gasteiger partial charge is 0.408 e. The van der Waals surface area contributed by atoms with Crippen LogP contribution in [-0.2, 0) is 4.74 Å². The highest BCUT2D eigenvalue weighted by Gasteiger charge is 2.40. The van der Waals surface area contributed by atoms with E-state index in [2.05, 4.69) is 31.4 Å². The van der Waals surface area contributed by atoms with Crippen LogP contribution in [0.4, 0.5) is 4.79 Å². The van der Waals surface area contributed by atoms with Crippen molar-refractivity contribution in [1.82, 2.24) is 10.6 Å². The van der Waals surface area contributed by atoms with Crippen molar-refractivity contribution in [3.63, 3.8) is 0 Å². The Kier molecular flexibility index (Phi) is 6.45. The van der Waals surface area contributed by atoms with Crippen LogP contribution < -0.4 is 10.6 Å². The van der Waals surface area contributed by atoms with Crippen molar-refractivity contribution in [2.45, 2.75) is 110 Å². The first kappa shape index (κ1) is 20.5. The summed E-state index contributed by atoms with van der Waals surface area (Å²) in [6.45, 7) is 13.8. The minimum Gasteiger partial charge on any atom is -0.444 e. The highest BCUT2D eigenvalue weighted by Crippen LogP contribution is 2.40. The minimum atomic E-state index is -0.438. The van der Waals surface area contributed by atoms with Crippen LogP contribution in [-0.4, -0.2) is 29.8 Å². The summed E-state index contributed by atoms with van der Waals surface area (Å²) in [4.78, 5) is 12.1. The number of ether oxygens (including phenoxy) is 1. The molecule has 4 nitrogen and oxygen atoms in total. The zero-order chi connectivity index (χ0) is 18.7. The number of carbonyl (C=O) groups is 1. The second-order valence-electron chi connectivity index (χ2n) is 10.0. The summed E-state index contributed by atoms with van der Waals surface area (Å²) in [5, 5.41) is 6.90. The van der Waals surface area contributed by atoms with Gasteiger partial charge in [-0.1, -0.05) is 27.2 Å². The average Bonchev–Trinajstić information content (AvgIpc) is 2.48. The number of alkyl carbamates (subject to hydrolysis) is 1. The molecule has 0 saturated heterocycles. The predicted molar refractivity (Wildman–Crippen MR) is 104 cm³/mol. The van der Waals surface area contributed by atoms with E-state index < -0.39 is 5.60 Å². The van der Waals surface area contributed by atoms with E-state index in [-0.39, 0.29) is 11.6 Å². The zero-order valence-electron chi connectivity index (χ0n) is 17.3. The SMILES string of the molecule is CCC(C)(C)C1CCC(NCC2(NC(=O)OC(C)(C)C)CCC2)CC1. The Hall–Kier alpha value is -0.770. The van der Waals surface area contributed by atoms with Gasteiger partial charge in [0.05, 0.1) is 5.54 Å². The van der Waals surface area contributed by atoms with Crippen LogP contribution in [0, 0.1) is 11.3 Å². The number of hydrogen-bond donors (Lipinski definition) is 2. The fourth-order valence-corrected chi connectivity index (χ4v) is 4.18. The van der Waals surface area contributed by atoms with Crippen molar-refractivity contribution in [3.05, 3.63) is 0 Å². The normalized spacial score (nSPS) is 26.6. The molecule has 0 unspecified atom stereocenters. The molecule has 25 heavy (non-hydrogen) atoms. The molecule has 0 aliphatic heterocycles.